The van der Waals surface area contributed by atoms with Crippen LogP contribution in [0.5, 0.6) is 0 Å². The molecule has 0 bridgehead atoms. The van der Waals surface area contributed by atoms with E-state index < -0.39 is 11.9 Å². The number of rotatable bonds is 4. The number of H-pyrrole nitrogens is 1. The highest BCUT2D eigenvalue weighted by Gasteiger charge is 2.17. The number of aromatic amines is 1. The molecule has 1 amide bonds. The minimum absolute atomic E-state index is 0.107. The number of carboxylic acid groups (broad SMARTS) is 1. The predicted molar refractivity (Wildman–Crippen MR) is 61.0 cm³/mol. The van der Waals surface area contributed by atoms with Crippen molar-refractivity contribution in [1.29, 1.82) is 0 Å². The number of amides is 1. The molecule has 0 spiro atoms. The molecule has 0 aromatic carbocycles. The first-order chi connectivity index (χ1) is 8.68. The van der Waals surface area contributed by atoms with Gasteiger partial charge in [-0.15, -0.1) is 0 Å². The predicted octanol–water partition coefficient (Wildman–Crippen LogP) is 0.433. The zero-order valence-corrected chi connectivity index (χ0v) is 9.25. The molecule has 0 saturated heterocycles. The quantitative estimate of drug-likeness (QED) is 0.725. The summed E-state index contributed by atoms with van der Waals surface area (Å²) in [5.74, 6) is -1.72. The van der Waals surface area contributed by atoms with Crippen LogP contribution in [0, 0.1) is 0 Å². The van der Waals surface area contributed by atoms with Gasteiger partial charge in [-0.25, -0.2) is 4.79 Å². The van der Waals surface area contributed by atoms with E-state index in [9.17, 15) is 9.59 Å². The molecule has 2 aromatic rings. The largest absolute Gasteiger partial charge is 0.478 e. The monoisotopic (exact) mass is 246 g/mol. The van der Waals surface area contributed by atoms with Gasteiger partial charge >= 0.3 is 5.97 Å². The molecular formula is C11H10N4O3. The van der Waals surface area contributed by atoms with Crippen molar-refractivity contribution >= 4 is 11.9 Å². The number of nitrogens with zero attached hydrogens (tertiary/aromatic N) is 2. The molecule has 0 unspecified atom stereocenters. The Balaban J connectivity index is 2.11. The van der Waals surface area contributed by atoms with E-state index >= 15 is 0 Å². The van der Waals surface area contributed by atoms with Crippen LogP contribution >= 0.6 is 0 Å². The Morgan fingerprint density at radius 2 is 2.17 bits per heavy atom. The molecule has 0 saturated carbocycles. The van der Waals surface area contributed by atoms with Crippen molar-refractivity contribution in [3.05, 3.63) is 47.5 Å². The molecule has 7 nitrogen and oxygen atoms in total. The Hall–Kier alpha value is -2.70. The van der Waals surface area contributed by atoms with Crippen LogP contribution in [0.15, 0.2) is 30.6 Å². The zero-order valence-electron chi connectivity index (χ0n) is 9.25. The summed E-state index contributed by atoms with van der Waals surface area (Å²) in [6, 6.07) is 4.51. The molecule has 0 aliphatic carbocycles. The SMILES string of the molecule is O=C(O)c1cccnc1C(=O)NCc1ccn[nH]1. The van der Waals surface area contributed by atoms with Gasteiger partial charge < -0.3 is 10.4 Å². The minimum Gasteiger partial charge on any atom is -0.478 e. The van der Waals surface area contributed by atoms with Crippen molar-refractivity contribution in [2.24, 2.45) is 0 Å². The Labute approximate surface area is 102 Å². The Kier molecular flexibility index (Phi) is 3.33. The van der Waals surface area contributed by atoms with E-state index in [0.717, 1.165) is 5.69 Å². The van der Waals surface area contributed by atoms with Gasteiger partial charge in [0, 0.05) is 12.4 Å². The maximum absolute atomic E-state index is 11.8. The number of carboxylic acids is 1. The average molecular weight is 246 g/mol. The smallest absolute Gasteiger partial charge is 0.338 e. The van der Waals surface area contributed by atoms with Gasteiger partial charge in [-0.2, -0.15) is 5.10 Å². The van der Waals surface area contributed by atoms with Crippen LogP contribution in [-0.4, -0.2) is 32.2 Å². The van der Waals surface area contributed by atoms with Crippen molar-refractivity contribution < 1.29 is 14.7 Å². The molecule has 2 aromatic heterocycles. The molecule has 92 valence electrons. The van der Waals surface area contributed by atoms with Gasteiger partial charge in [0.05, 0.1) is 17.8 Å². The molecule has 0 aliphatic rings. The number of nitrogens with one attached hydrogen (secondary N) is 2. The minimum atomic E-state index is -1.19. The lowest BCUT2D eigenvalue weighted by molar-refractivity contribution is 0.0690. The number of pyridine rings is 1. The van der Waals surface area contributed by atoms with Crippen LogP contribution in [0.4, 0.5) is 0 Å². The summed E-state index contributed by atoms with van der Waals surface area (Å²) < 4.78 is 0. The fraction of sp³-hybridized carbons (Fsp3) is 0.0909. The summed E-state index contributed by atoms with van der Waals surface area (Å²) in [4.78, 5) is 26.5. The lowest BCUT2D eigenvalue weighted by atomic mass is 10.2. The van der Waals surface area contributed by atoms with E-state index in [-0.39, 0.29) is 17.8 Å². The molecular weight excluding hydrogens is 236 g/mol. The third-order valence-electron chi connectivity index (χ3n) is 2.25. The lowest BCUT2D eigenvalue weighted by Gasteiger charge is -2.05. The number of hydrogen-bond acceptors (Lipinski definition) is 4. The topological polar surface area (TPSA) is 108 Å². The van der Waals surface area contributed by atoms with E-state index in [1.165, 1.54) is 18.3 Å². The summed E-state index contributed by atoms with van der Waals surface area (Å²) in [5, 5.41) is 17.9. The number of hydrogen-bond donors (Lipinski definition) is 3. The van der Waals surface area contributed by atoms with Gasteiger partial charge in [-0.05, 0) is 18.2 Å². The Bertz CT molecular complexity index is 565. The van der Waals surface area contributed by atoms with Crippen LogP contribution in [0.2, 0.25) is 0 Å². The molecule has 18 heavy (non-hydrogen) atoms. The summed E-state index contributed by atoms with van der Waals surface area (Å²) in [6.07, 6.45) is 2.93. The van der Waals surface area contributed by atoms with E-state index in [4.69, 9.17) is 5.11 Å². The maximum Gasteiger partial charge on any atom is 0.338 e. The summed E-state index contributed by atoms with van der Waals surface area (Å²) in [6.45, 7) is 0.231. The standard InChI is InChI=1S/C11H10N4O3/c16-10(13-6-7-3-5-14-15-7)9-8(11(17)18)2-1-4-12-9/h1-5H,6H2,(H,13,16)(H,14,15)(H,17,18). The summed E-state index contributed by atoms with van der Waals surface area (Å²) in [5.41, 5.74) is 0.486. The fourth-order valence-electron chi connectivity index (χ4n) is 1.40. The number of carbonyl (C=O) groups excluding carboxylic acids is 1. The van der Waals surface area contributed by atoms with Gasteiger partial charge in [0.25, 0.3) is 5.91 Å². The van der Waals surface area contributed by atoms with Gasteiger partial charge in [0.1, 0.15) is 5.69 Å². The second-order valence-electron chi connectivity index (χ2n) is 3.47. The highest BCUT2D eigenvalue weighted by Crippen LogP contribution is 2.05. The van der Waals surface area contributed by atoms with Gasteiger partial charge in [-0.1, -0.05) is 0 Å². The van der Waals surface area contributed by atoms with Crippen molar-refractivity contribution in [2.45, 2.75) is 6.54 Å². The van der Waals surface area contributed by atoms with E-state index in [2.05, 4.69) is 20.5 Å². The van der Waals surface area contributed by atoms with E-state index in [1.807, 2.05) is 0 Å². The molecule has 0 aliphatic heterocycles. The fourth-order valence-corrected chi connectivity index (χ4v) is 1.40. The third kappa shape index (κ3) is 2.51. The van der Waals surface area contributed by atoms with E-state index in [0.29, 0.717) is 0 Å². The summed E-state index contributed by atoms with van der Waals surface area (Å²) in [7, 11) is 0. The van der Waals surface area contributed by atoms with Crippen LogP contribution in [0.1, 0.15) is 26.5 Å². The first-order valence-corrected chi connectivity index (χ1v) is 5.13. The molecule has 0 atom stereocenters. The van der Waals surface area contributed by atoms with Crippen molar-refractivity contribution in [2.75, 3.05) is 0 Å². The van der Waals surface area contributed by atoms with Gasteiger partial charge in [0.2, 0.25) is 0 Å². The second kappa shape index (κ2) is 5.09. The van der Waals surface area contributed by atoms with Gasteiger partial charge in [0.15, 0.2) is 0 Å². The first kappa shape index (κ1) is 11.8. The Morgan fingerprint density at radius 1 is 1.33 bits per heavy atom. The van der Waals surface area contributed by atoms with Crippen LogP contribution in [-0.2, 0) is 6.54 Å². The van der Waals surface area contributed by atoms with Crippen LogP contribution < -0.4 is 5.32 Å². The van der Waals surface area contributed by atoms with Crippen molar-refractivity contribution in [3.8, 4) is 0 Å². The second-order valence-corrected chi connectivity index (χ2v) is 3.47. The molecule has 3 N–H and O–H groups in total. The number of aromatic carboxylic acids is 1. The molecule has 2 rings (SSSR count). The van der Waals surface area contributed by atoms with Crippen molar-refractivity contribution in [3.63, 3.8) is 0 Å². The normalized spacial score (nSPS) is 10.0. The molecule has 2 heterocycles. The highest BCUT2D eigenvalue weighted by atomic mass is 16.4. The lowest BCUT2D eigenvalue weighted by Crippen LogP contribution is -2.26. The van der Waals surface area contributed by atoms with Gasteiger partial charge in [-0.3, -0.25) is 14.9 Å². The first-order valence-electron chi connectivity index (χ1n) is 5.13. The third-order valence-corrected chi connectivity index (χ3v) is 2.25. The van der Waals surface area contributed by atoms with Crippen LogP contribution in [0.3, 0.4) is 0 Å². The molecule has 0 radical (unpaired) electrons. The average Bonchev–Trinajstić information content (AvgIpc) is 2.89. The van der Waals surface area contributed by atoms with Crippen LogP contribution in [0.25, 0.3) is 0 Å². The van der Waals surface area contributed by atoms with Crippen molar-refractivity contribution in [1.82, 2.24) is 20.5 Å². The summed E-state index contributed by atoms with van der Waals surface area (Å²) >= 11 is 0. The Morgan fingerprint density at radius 3 is 2.83 bits per heavy atom. The highest BCUT2D eigenvalue weighted by molar-refractivity contribution is 6.03. The van der Waals surface area contributed by atoms with E-state index in [1.54, 1.807) is 12.3 Å². The maximum atomic E-state index is 11.8. The molecule has 0 fully saturated rings. The number of aromatic nitrogens is 3. The zero-order chi connectivity index (χ0) is 13.0. The molecule has 7 heteroatoms. The number of carbonyl (C=O) groups is 2.